The molecule has 0 spiro atoms. The zero-order valence-electron chi connectivity index (χ0n) is 14.3. The van der Waals surface area contributed by atoms with E-state index in [0.717, 1.165) is 0 Å². The van der Waals surface area contributed by atoms with Crippen molar-refractivity contribution in [3.05, 3.63) is 30.3 Å². The van der Waals surface area contributed by atoms with Crippen LogP contribution in [0.1, 0.15) is 34.1 Å². The third kappa shape index (κ3) is 8.13. The smallest absolute Gasteiger partial charge is 0.324 e. The van der Waals surface area contributed by atoms with Gasteiger partial charge in [0.15, 0.2) is 0 Å². The molecule has 0 aliphatic carbocycles. The highest BCUT2D eigenvalue weighted by Crippen LogP contribution is 2.24. The maximum Gasteiger partial charge on any atom is 0.324 e. The van der Waals surface area contributed by atoms with Gasteiger partial charge in [0.2, 0.25) is 0 Å². The van der Waals surface area contributed by atoms with E-state index in [-0.39, 0.29) is 18.6 Å². The van der Waals surface area contributed by atoms with Crippen LogP contribution in [-0.4, -0.2) is 30.2 Å². The molecule has 1 aromatic carbocycles. The normalized spacial score (nSPS) is 13.4. The second-order valence-electron chi connectivity index (χ2n) is 5.63. The van der Waals surface area contributed by atoms with Gasteiger partial charge in [-0.1, -0.05) is 18.2 Å². The molecule has 1 aromatic rings. The summed E-state index contributed by atoms with van der Waals surface area (Å²) in [4.78, 5) is 23.9. The van der Waals surface area contributed by atoms with E-state index in [1.807, 2.05) is 0 Å². The third-order valence-electron chi connectivity index (χ3n) is 2.62. The van der Waals surface area contributed by atoms with E-state index in [0.29, 0.717) is 5.75 Å². The SMILES string of the molecule is CC(C)OC(=O)C[C@H](N[PH](=O)Oc1ccccc1)C(=O)OC(C)C. The van der Waals surface area contributed by atoms with Gasteiger partial charge in [-0.3, -0.25) is 14.2 Å². The number of para-hydroxylation sites is 1. The Morgan fingerprint density at radius 1 is 1.04 bits per heavy atom. The second kappa shape index (κ2) is 10.1. The number of rotatable bonds is 9. The summed E-state index contributed by atoms with van der Waals surface area (Å²) in [5.41, 5.74) is 0. The van der Waals surface area contributed by atoms with Crippen LogP contribution in [0.3, 0.4) is 0 Å². The van der Waals surface area contributed by atoms with Gasteiger partial charge in [0.25, 0.3) is 0 Å². The monoisotopic (exact) mass is 357 g/mol. The molecule has 1 N–H and O–H groups in total. The van der Waals surface area contributed by atoms with Crippen LogP contribution in [0.5, 0.6) is 5.75 Å². The number of ether oxygens (including phenoxy) is 2. The van der Waals surface area contributed by atoms with Gasteiger partial charge in [0.1, 0.15) is 11.8 Å². The minimum atomic E-state index is -2.80. The fourth-order valence-electron chi connectivity index (χ4n) is 1.75. The summed E-state index contributed by atoms with van der Waals surface area (Å²) < 4.78 is 27.4. The molecular formula is C16H24NO6P. The molecule has 0 amide bonds. The summed E-state index contributed by atoms with van der Waals surface area (Å²) in [6.07, 6.45) is -0.963. The zero-order valence-corrected chi connectivity index (χ0v) is 15.3. The topological polar surface area (TPSA) is 90.9 Å². The Labute approximate surface area is 142 Å². The summed E-state index contributed by atoms with van der Waals surface area (Å²) in [5, 5.41) is 2.52. The Balaban J connectivity index is 2.71. The van der Waals surface area contributed by atoms with Crippen molar-refractivity contribution in [3.63, 3.8) is 0 Å². The first-order valence-electron chi connectivity index (χ1n) is 7.71. The molecule has 0 heterocycles. The van der Waals surface area contributed by atoms with Crippen LogP contribution in [-0.2, 0) is 23.6 Å². The van der Waals surface area contributed by atoms with Crippen LogP contribution >= 0.6 is 8.18 Å². The van der Waals surface area contributed by atoms with Crippen molar-refractivity contribution in [3.8, 4) is 5.75 Å². The van der Waals surface area contributed by atoms with Crippen LogP contribution in [0.25, 0.3) is 0 Å². The standard InChI is InChI=1S/C16H24NO6P/c1-11(2)21-15(18)10-14(16(19)22-12(3)4)17-24(20)23-13-8-6-5-7-9-13/h5-9,11-12,14,24H,10H2,1-4H3,(H,17,20)/t14-/m0/s1. The Bertz CT molecular complexity index is 561. The predicted molar refractivity (Wildman–Crippen MR) is 90.1 cm³/mol. The molecule has 7 nitrogen and oxygen atoms in total. The number of hydrogen-bond donors (Lipinski definition) is 1. The number of carbonyl (C=O) groups excluding carboxylic acids is 2. The Kier molecular flexibility index (Phi) is 8.50. The second-order valence-corrected chi connectivity index (χ2v) is 6.70. The summed E-state index contributed by atoms with van der Waals surface area (Å²) in [7, 11) is -2.80. The molecule has 134 valence electrons. The first kappa shape index (κ1) is 20.2. The molecule has 0 radical (unpaired) electrons. The van der Waals surface area contributed by atoms with Crippen molar-refractivity contribution in [1.29, 1.82) is 0 Å². The highest BCUT2D eigenvalue weighted by Gasteiger charge is 2.27. The van der Waals surface area contributed by atoms with E-state index < -0.39 is 26.2 Å². The van der Waals surface area contributed by atoms with Crippen molar-refractivity contribution < 1.29 is 28.2 Å². The average molecular weight is 357 g/mol. The van der Waals surface area contributed by atoms with Crippen LogP contribution < -0.4 is 9.61 Å². The number of nitrogens with one attached hydrogen (secondary N) is 1. The fraction of sp³-hybridized carbons (Fsp3) is 0.500. The lowest BCUT2D eigenvalue weighted by Crippen LogP contribution is -2.38. The van der Waals surface area contributed by atoms with Gasteiger partial charge in [-0.05, 0) is 39.8 Å². The predicted octanol–water partition coefficient (Wildman–Crippen LogP) is 2.71. The van der Waals surface area contributed by atoms with Crippen LogP contribution in [0.4, 0.5) is 0 Å². The molecule has 8 heteroatoms. The van der Waals surface area contributed by atoms with E-state index in [9.17, 15) is 14.2 Å². The van der Waals surface area contributed by atoms with Crippen LogP contribution in [0.2, 0.25) is 0 Å². The average Bonchev–Trinajstić information content (AvgIpc) is 2.45. The highest BCUT2D eigenvalue weighted by molar-refractivity contribution is 7.37. The molecule has 2 atom stereocenters. The fourth-order valence-corrected chi connectivity index (χ4v) is 2.67. The molecule has 0 fully saturated rings. The molecule has 0 bridgehead atoms. The van der Waals surface area contributed by atoms with Gasteiger partial charge in [-0.2, -0.15) is 0 Å². The third-order valence-corrected chi connectivity index (χ3v) is 3.63. The molecule has 0 aliphatic heterocycles. The molecular weight excluding hydrogens is 333 g/mol. The zero-order chi connectivity index (χ0) is 18.1. The maximum atomic E-state index is 12.1. The van der Waals surface area contributed by atoms with Crippen molar-refractivity contribution in [1.82, 2.24) is 5.09 Å². The van der Waals surface area contributed by atoms with E-state index in [1.54, 1.807) is 58.0 Å². The van der Waals surface area contributed by atoms with Crippen molar-refractivity contribution in [2.75, 3.05) is 0 Å². The quantitative estimate of drug-likeness (QED) is 0.537. The van der Waals surface area contributed by atoms with Gasteiger partial charge in [-0.15, -0.1) is 0 Å². The lowest BCUT2D eigenvalue weighted by atomic mass is 10.2. The maximum absolute atomic E-state index is 12.1. The van der Waals surface area contributed by atoms with Gasteiger partial charge >= 0.3 is 20.1 Å². The number of hydrogen-bond acceptors (Lipinski definition) is 6. The van der Waals surface area contributed by atoms with E-state index >= 15 is 0 Å². The van der Waals surface area contributed by atoms with Crippen LogP contribution in [0.15, 0.2) is 30.3 Å². The summed E-state index contributed by atoms with van der Waals surface area (Å²) in [5.74, 6) is -0.868. The van der Waals surface area contributed by atoms with Crippen molar-refractivity contribution in [2.45, 2.75) is 52.4 Å². The minimum Gasteiger partial charge on any atom is -0.463 e. The van der Waals surface area contributed by atoms with Crippen molar-refractivity contribution in [2.24, 2.45) is 0 Å². The molecule has 0 aromatic heterocycles. The molecule has 0 saturated heterocycles. The Morgan fingerprint density at radius 2 is 1.62 bits per heavy atom. The van der Waals surface area contributed by atoms with Gasteiger partial charge in [0, 0.05) is 0 Å². The van der Waals surface area contributed by atoms with Gasteiger partial charge < -0.3 is 14.0 Å². The molecule has 1 unspecified atom stereocenters. The lowest BCUT2D eigenvalue weighted by molar-refractivity contribution is -0.156. The molecule has 1 rings (SSSR count). The van der Waals surface area contributed by atoms with Gasteiger partial charge in [-0.25, -0.2) is 5.09 Å². The van der Waals surface area contributed by atoms with E-state index in [2.05, 4.69) is 5.09 Å². The largest absolute Gasteiger partial charge is 0.463 e. The summed E-state index contributed by atoms with van der Waals surface area (Å²) >= 11 is 0. The van der Waals surface area contributed by atoms with Crippen LogP contribution in [0, 0.1) is 0 Å². The lowest BCUT2D eigenvalue weighted by Gasteiger charge is -2.19. The molecule has 0 aliphatic rings. The summed E-state index contributed by atoms with van der Waals surface area (Å²) in [6, 6.07) is 7.43. The van der Waals surface area contributed by atoms with Gasteiger partial charge in [0.05, 0.1) is 18.6 Å². The number of benzene rings is 1. The molecule has 0 saturated carbocycles. The first-order chi connectivity index (χ1) is 11.3. The Hall–Kier alpha value is -1.85. The number of esters is 2. The molecule has 24 heavy (non-hydrogen) atoms. The Morgan fingerprint density at radius 3 is 2.17 bits per heavy atom. The van der Waals surface area contributed by atoms with Crippen molar-refractivity contribution >= 4 is 20.1 Å². The van der Waals surface area contributed by atoms with E-state index in [1.165, 1.54) is 0 Å². The first-order valence-corrected chi connectivity index (χ1v) is 9.03. The highest BCUT2D eigenvalue weighted by atomic mass is 31.1. The summed E-state index contributed by atoms with van der Waals surface area (Å²) in [6.45, 7) is 6.78. The van der Waals surface area contributed by atoms with E-state index in [4.69, 9.17) is 14.0 Å². The minimum absolute atomic E-state index is 0.293. The number of carbonyl (C=O) groups is 2.